The van der Waals surface area contributed by atoms with E-state index in [1.807, 2.05) is 27.9 Å². The Morgan fingerprint density at radius 2 is 2.05 bits per heavy atom. The van der Waals surface area contributed by atoms with E-state index in [0.29, 0.717) is 11.5 Å². The molecule has 1 rings (SSSR count). The number of nitrogens with one attached hydrogen (secondary N) is 2. The third-order valence-electron chi connectivity index (χ3n) is 2.41. The molecule has 0 aromatic carbocycles. The molecule has 0 aliphatic rings. The van der Waals surface area contributed by atoms with Crippen LogP contribution in [0.5, 0.6) is 0 Å². The van der Waals surface area contributed by atoms with Crippen LogP contribution in [0.2, 0.25) is 0 Å². The molecule has 0 saturated heterocycles. The largest absolute Gasteiger partial charge is 0.369 e. The van der Waals surface area contributed by atoms with Gasteiger partial charge in [0.15, 0.2) is 5.69 Å². The van der Waals surface area contributed by atoms with Crippen LogP contribution >= 0.6 is 0 Å². The van der Waals surface area contributed by atoms with Gasteiger partial charge >= 0.3 is 0 Å². The summed E-state index contributed by atoms with van der Waals surface area (Å²) in [6.07, 6.45) is 1.03. The van der Waals surface area contributed by atoms with Crippen molar-refractivity contribution in [2.75, 3.05) is 32.5 Å². The van der Waals surface area contributed by atoms with E-state index >= 15 is 0 Å². The normalized spacial score (nSPS) is 10.8. The van der Waals surface area contributed by atoms with Crippen LogP contribution in [-0.2, 0) is 0 Å². The lowest BCUT2D eigenvalue weighted by molar-refractivity contribution is 0.0937. The molecule has 2 N–H and O–H groups in total. The van der Waals surface area contributed by atoms with Crippen LogP contribution in [0.1, 0.15) is 30.8 Å². The van der Waals surface area contributed by atoms with Gasteiger partial charge in [0.1, 0.15) is 5.82 Å². The van der Waals surface area contributed by atoms with Crippen molar-refractivity contribution in [3.63, 3.8) is 0 Å². The lowest BCUT2D eigenvalue weighted by Gasteiger charge is -2.10. The van der Waals surface area contributed by atoms with E-state index in [-0.39, 0.29) is 11.9 Å². The number of nitrogens with zero attached hydrogens (tertiary/aromatic N) is 3. The highest BCUT2D eigenvalue weighted by molar-refractivity contribution is 5.92. The van der Waals surface area contributed by atoms with Crippen molar-refractivity contribution in [2.24, 2.45) is 0 Å². The summed E-state index contributed by atoms with van der Waals surface area (Å²) >= 11 is 0. The van der Waals surface area contributed by atoms with Crippen molar-refractivity contribution < 1.29 is 4.79 Å². The second kappa shape index (κ2) is 7.68. The van der Waals surface area contributed by atoms with E-state index in [4.69, 9.17) is 0 Å². The second-order valence-corrected chi connectivity index (χ2v) is 5.02. The molecule has 6 heteroatoms. The predicted octanol–water partition coefficient (Wildman–Crippen LogP) is 0.978. The number of carbonyl (C=O) groups excluding carboxylic acids is 1. The zero-order valence-electron chi connectivity index (χ0n) is 12.1. The molecule has 0 fully saturated rings. The number of hydrogen-bond acceptors (Lipinski definition) is 5. The van der Waals surface area contributed by atoms with Crippen LogP contribution in [0, 0.1) is 0 Å². The van der Waals surface area contributed by atoms with Gasteiger partial charge in [0.25, 0.3) is 5.91 Å². The molecule has 0 unspecified atom stereocenters. The first-order valence-electron chi connectivity index (χ1n) is 6.52. The minimum Gasteiger partial charge on any atom is -0.369 e. The first-order chi connectivity index (χ1) is 8.99. The maximum Gasteiger partial charge on any atom is 0.271 e. The van der Waals surface area contributed by atoms with Gasteiger partial charge in [-0.1, -0.05) is 0 Å². The summed E-state index contributed by atoms with van der Waals surface area (Å²) in [6.45, 7) is 5.68. The van der Waals surface area contributed by atoms with Crippen molar-refractivity contribution >= 4 is 11.7 Å². The highest BCUT2D eigenvalue weighted by Gasteiger charge is 2.08. The monoisotopic (exact) mass is 265 g/mol. The van der Waals surface area contributed by atoms with Gasteiger partial charge in [0.05, 0.1) is 0 Å². The first kappa shape index (κ1) is 15.4. The third kappa shape index (κ3) is 6.15. The summed E-state index contributed by atoms with van der Waals surface area (Å²) in [7, 11) is 4.09. The number of anilines is 1. The van der Waals surface area contributed by atoms with E-state index in [1.54, 1.807) is 12.1 Å². The molecule has 0 saturated carbocycles. The van der Waals surface area contributed by atoms with Crippen LogP contribution in [0.4, 0.5) is 5.82 Å². The number of hydrogen-bond donors (Lipinski definition) is 2. The van der Waals surface area contributed by atoms with Crippen LogP contribution in [0.15, 0.2) is 12.1 Å². The maximum atomic E-state index is 11.7. The maximum absolute atomic E-state index is 11.7. The summed E-state index contributed by atoms with van der Waals surface area (Å²) < 4.78 is 0. The second-order valence-electron chi connectivity index (χ2n) is 5.02. The highest BCUT2D eigenvalue weighted by atomic mass is 16.1. The highest BCUT2D eigenvalue weighted by Crippen LogP contribution is 2.02. The molecule has 0 aliphatic heterocycles. The summed E-state index contributed by atoms with van der Waals surface area (Å²) in [5, 5.41) is 13.8. The van der Waals surface area contributed by atoms with Crippen molar-refractivity contribution in [2.45, 2.75) is 26.3 Å². The topological polar surface area (TPSA) is 70.2 Å². The Morgan fingerprint density at radius 3 is 2.58 bits per heavy atom. The molecule has 6 nitrogen and oxygen atoms in total. The van der Waals surface area contributed by atoms with E-state index in [9.17, 15) is 4.79 Å². The van der Waals surface area contributed by atoms with Gasteiger partial charge in [0.2, 0.25) is 0 Å². The number of amides is 1. The number of carbonyl (C=O) groups is 1. The van der Waals surface area contributed by atoms with Crippen molar-refractivity contribution in [1.82, 2.24) is 20.4 Å². The zero-order chi connectivity index (χ0) is 14.3. The fraction of sp³-hybridized carbons (Fsp3) is 0.615. The average Bonchev–Trinajstić information content (AvgIpc) is 2.34. The lowest BCUT2D eigenvalue weighted by Crippen LogP contribution is -2.30. The van der Waals surface area contributed by atoms with Gasteiger partial charge in [-0.05, 0) is 53.0 Å². The van der Waals surface area contributed by atoms with Gasteiger partial charge in [-0.3, -0.25) is 4.79 Å². The Balaban J connectivity index is 2.41. The van der Waals surface area contributed by atoms with E-state index in [0.717, 1.165) is 19.5 Å². The molecule has 1 heterocycles. The molecule has 0 bridgehead atoms. The van der Waals surface area contributed by atoms with Crippen molar-refractivity contribution in [1.29, 1.82) is 0 Å². The first-order valence-corrected chi connectivity index (χ1v) is 6.52. The quantitative estimate of drug-likeness (QED) is 0.719. The minimum atomic E-state index is -0.193. The molecule has 106 valence electrons. The SMILES string of the molecule is CC(C)NC(=O)c1ccc(NCCCN(C)C)nn1. The minimum absolute atomic E-state index is 0.0955. The van der Waals surface area contributed by atoms with Crippen LogP contribution in [0.3, 0.4) is 0 Å². The molecular formula is C13H23N5O. The van der Waals surface area contributed by atoms with E-state index < -0.39 is 0 Å². The standard InChI is InChI=1S/C13H23N5O/c1-10(2)15-13(19)11-6-7-12(17-16-11)14-8-5-9-18(3)4/h6-7,10H,5,8-9H2,1-4H3,(H,14,17)(H,15,19). The number of aromatic nitrogens is 2. The Hall–Kier alpha value is -1.69. The Morgan fingerprint density at radius 1 is 1.32 bits per heavy atom. The van der Waals surface area contributed by atoms with E-state index in [1.165, 1.54) is 0 Å². The van der Waals surface area contributed by atoms with E-state index in [2.05, 4.69) is 25.7 Å². The fourth-order valence-electron chi connectivity index (χ4n) is 1.50. The van der Waals surface area contributed by atoms with Gasteiger partial charge in [-0.2, -0.15) is 0 Å². The summed E-state index contributed by atoms with van der Waals surface area (Å²) in [4.78, 5) is 13.8. The molecule has 1 aromatic rings. The fourth-order valence-corrected chi connectivity index (χ4v) is 1.50. The molecular weight excluding hydrogens is 242 g/mol. The van der Waals surface area contributed by atoms with Crippen molar-refractivity contribution in [3.05, 3.63) is 17.8 Å². The van der Waals surface area contributed by atoms with Gasteiger partial charge in [-0.15, -0.1) is 10.2 Å². The summed E-state index contributed by atoms with van der Waals surface area (Å²) in [5.74, 6) is 0.501. The summed E-state index contributed by atoms with van der Waals surface area (Å²) in [6, 6.07) is 3.55. The average molecular weight is 265 g/mol. The van der Waals surface area contributed by atoms with Crippen LogP contribution in [0.25, 0.3) is 0 Å². The molecule has 19 heavy (non-hydrogen) atoms. The molecule has 0 spiro atoms. The molecule has 0 radical (unpaired) electrons. The molecule has 0 atom stereocenters. The Bertz CT molecular complexity index is 389. The van der Waals surface area contributed by atoms with Crippen LogP contribution < -0.4 is 10.6 Å². The van der Waals surface area contributed by atoms with Gasteiger partial charge in [0, 0.05) is 12.6 Å². The van der Waals surface area contributed by atoms with Crippen molar-refractivity contribution in [3.8, 4) is 0 Å². The molecule has 1 amide bonds. The third-order valence-corrected chi connectivity index (χ3v) is 2.41. The molecule has 1 aromatic heterocycles. The van der Waals surface area contributed by atoms with Gasteiger partial charge < -0.3 is 15.5 Å². The summed E-state index contributed by atoms with van der Waals surface area (Å²) in [5.41, 5.74) is 0.340. The lowest BCUT2D eigenvalue weighted by atomic mass is 10.3. The number of rotatable bonds is 7. The smallest absolute Gasteiger partial charge is 0.271 e. The zero-order valence-corrected chi connectivity index (χ0v) is 12.1. The Kier molecular flexibility index (Phi) is 6.21. The Labute approximate surface area is 114 Å². The van der Waals surface area contributed by atoms with Crippen LogP contribution in [-0.4, -0.2) is 54.2 Å². The van der Waals surface area contributed by atoms with Gasteiger partial charge in [-0.25, -0.2) is 0 Å². The molecule has 0 aliphatic carbocycles. The predicted molar refractivity (Wildman–Crippen MR) is 76.3 cm³/mol.